The molecular formula is C22H23N3O2. The number of carbonyl (C=O) groups is 1. The van der Waals surface area contributed by atoms with Crippen LogP contribution in [0.3, 0.4) is 0 Å². The summed E-state index contributed by atoms with van der Waals surface area (Å²) >= 11 is 0. The topological polar surface area (TPSA) is 45.7 Å². The van der Waals surface area contributed by atoms with E-state index in [0.29, 0.717) is 12.1 Å². The van der Waals surface area contributed by atoms with Crippen LogP contribution in [0.25, 0.3) is 10.9 Å². The zero-order chi connectivity index (χ0) is 18.6. The summed E-state index contributed by atoms with van der Waals surface area (Å²) in [4.78, 5) is 21.4. The Morgan fingerprint density at radius 3 is 2.59 bits per heavy atom. The lowest BCUT2D eigenvalue weighted by molar-refractivity contribution is 0.0787. The minimum Gasteiger partial charge on any atom is -0.378 e. The molecule has 27 heavy (non-hydrogen) atoms. The minimum absolute atomic E-state index is 0.00542. The van der Waals surface area contributed by atoms with Gasteiger partial charge in [-0.15, -0.1) is 0 Å². The Morgan fingerprint density at radius 1 is 1.07 bits per heavy atom. The first-order valence-electron chi connectivity index (χ1n) is 9.23. The number of morpholine rings is 1. The molecule has 1 aliphatic rings. The van der Waals surface area contributed by atoms with Crippen molar-refractivity contribution in [3.8, 4) is 0 Å². The Bertz CT molecular complexity index is 928. The van der Waals surface area contributed by atoms with E-state index in [1.54, 1.807) is 17.2 Å². The molecule has 1 aliphatic heterocycles. The molecule has 1 fully saturated rings. The van der Waals surface area contributed by atoms with Crippen LogP contribution in [0.1, 0.15) is 15.9 Å². The summed E-state index contributed by atoms with van der Waals surface area (Å²) in [6.45, 7) is 3.97. The van der Waals surface area contributed by atoms with E-state index in [2.05, 4.69) is 34.1 Å². The molecule has 0 unspecified atom stereocenters. The number of pyridine rings is 1. The van der Waals surface area contributed by atoms with Crippen molar-refractivity contribution in [3.05, 3.63) is 71.9 Å². The molecule has 2 aromatic carbocycles. The molecule has 5 nitrogen and oxygen atoms in total. The molecule has 0 radical (unpaired) electrons. The third-order valence-electron chi connectivity index (χ3n) is 4.96. The Morgan fingerprint density at radius 2 is 1.81 bits per heavy atom. The number of rotatable bonds is 4. The quantitative estimate of drug-likeness (QED) is 0.715. The highest BCUT2D eigenvalue weighted by molar-refractivity contribution is 6.05. The van der Waals surface area contributed by atoms with E-state index in [-0.39, 0.29) is 5.91 Å². The van der Waals surface area contributed by atoms with Crippen molar-refractivity contribution in [2.45, 2.75) is 6.54 Å². The molecule has 0 N–H and O–H groups in total. The highest BCUT2D eigenvalue weighted by Gasteiger charge is 2.16. The molecule has 4 rings (SSSR count). The average molecular weight is 361 g/mol. The van der Waals surface area contributed by atoms with Crippen molar-refractivity contribution >= 4 is 22.5 Å². The molecule has 3 aromatic rings. The zero-order valence-electron chi connectivity index (χ0n) is 15.5. The van der Waals surface area contributed by atoms with Gasteiger partial charge in [0.05, 0.1) is 24.3 Å². The molecule has 0 atom stereocenters. The number of carbonyl (C=O) groups excluding carboxylic acids is 1. The van der Waals surface area contributed by atoms with Crippen molar-refractivity contribution in [2.24, 2.45) is 0 Å². The molecular weight excluding hydrogens is 338 g/mol. The highest BCUT2D eigenvalue weighted by Crippen LogP contribution is 2.20. The van der Waals surface area contributed by atoms with Gasteiger partial charge in [-0.2, -0.15) is 0 Å². The van der Waals surface area contributed by atoms with E-state index in [1.165, 1.54) is 5.69 Å². The van der Waals surface area contributed by atoms with Gasteiger partial charge in [0.1, 0.15) is 0 Å². The lowest BCUT2D eigenvalue weighted by Crippen LogP contribution is -2.36. The van der Waals surface area contributed by atoms with Gasteiger partial charge in [-0.1, -0.05) is 30.3 Å². The number of hydrogen-bond acceptors (Lipinski definition) is 4. The summed E-state index contributed by atoms with van der Waals surface area (Å²) in [5.41, 5.74) is 3.84. The molecule has 1 saturated heterocycles. The van der Waals surface area contributed by atoms with E-state index >= 15 is 0 Å². The van der Waals surface area contributed by atoms with Gasteiger partial charge in [0, 0.05) is 44.0 Å². The predicted molar refractivity (Wildman–Crippen MR) is 107 cm³/mol. The number of hydrogen-bond donors (Lipinski definition) is 0. The van der Waals surface area contributed by atoms with E-state index in [1.807, 2.05) is 31.3 Å². The Hall–Kier alpha value is -2.92. The molecule has 0 spiro atoms. The molecule has 2 heterocycles. The normalized spacial score (nSPS) is 14.3. The second-order valence-corrected chi connectivity index (χ2v) is 6.80. The fraction of sp³-hybridized carbons (Fsp3) is 0.273. The lowest BCUT2D eigenvalue weighted by Gasteiger charge is -2.29. The standard InChI is InChI=1S/C22H23N3O2/c1-24(22(26)20-10-11-23-21-5-3-2-4-19(20)21)16-17-6-8-18(9-7-17)25-12-14-27-15-13-25/h2-11H,12-16H2,1H3. The largest absolute Gasteiger partial charge is 0.378 e. The van der Waals surface area contributed by atoms with Crippen molar-refractivity contribution in [1.29, 1.82) is 0 Å². The summed E-state index contributed by atoms with van der Waals surface area (Å²) < 4.78 is 5.41. The van der Waals surface area contributed by atoms with Crippen molar-refractivity contribution < 1.29 is 9.53 Å². The monoisotopic (exact) mass is 361 g/mol. The van der Waals surface area contributed by atoms with E-state index in [0.717, 1.165) is 42.8 Å². The Kier molecular flexibility index (Phi) is 5.03. The third kappa shape index (κ3) is 3.78. The third-order valence-corrected chi connectivity index (χ3v) is 4.96. The number of fused-ring (bicyclic) bond motifs is 1. The number of anilines is 1. The van der Waals surface area contributed by atoms with E-state index in [9.17, 15) is 4.79 Å². The van der Waals surface area contributed by atoms with Crippen LogP contribution in [0.2, 0.25) is 0 Å². The fourth-order valence-corrected chi connectivity index (χ4v) is 3.47. The van der Waals surface area contributed by atoms with Crippen LogP contribution in [-0.4, -0.2) is 49.1 Å². The van der Waals surface area contributed by atoms with Gasteiger partial charge in [-0.05, 0) is 29.8 Å². The predicted octanol–water partition coefficient (Wildman–Crippen LogP) is 3.34. The first-order valence-corrected chi connectivity index (χ1v) is 9.23. The highest BCUT2D eigenvalue weighted by atomic mass is 16.5. The zero-order valence-corrected chi connectivity index (χ0v) is 15.5. The number of amides is 1. The molecule has 1 amide bonds. The first-order chi connectivity index (χ1) is 13.2. The maximum Gasteiger partial charge on any atom is 0.254 e. The van der Waals surface area contributed by atoms with Gasteiger partial charge >= 0.3 is 0 Å². The van der Waals surface area contributed by atoms with Gasteiger partial charge in [-0.3, -0.25) is 9.78 Å². The summed E-state index contributed by atoms with van der Waals surface area (Å²) in [5, 5.41) is 0.888. The molecule has 0 bridgehead atoms. The van der Waals surface area contributed by atoms with Crippen molar-refractivity contribution in [3.63, 3.8) is 0 Å². The van der Waals surface area contributed by atoms with Crippen LogP contribution in [0.4, 0.5) is 5.69 Å². The number of benzene rings is 2. The summed E-state index contributed by atoms with van der Waals surface area (Å²) in [7, 11) is 1.84. The van der Waals surface area contributed by atoms with E-state index in [4.69, 9.17) is 4.74 Å². The average Bonchev–Trinajstić information content (AvgIpc) is 2.74. The summed E-state index contributed by atoms with van der Waals surface area (Å²) in [5.74, 6) is 0.00542. The fourth-order valence-electron chi connectivity index (χ4n) is 3.47. The second-order valence-electron chi connectivity index (χ2n) is 6.80. The van der Waals surface area contributed by atoms with Crippen LogP contribution in [-0.2, 0) is 11.3 Å². The van der Waals surface area contributed by atoms with Crippen molar-refractivity contribution in [1.82, 2.24) is 9.88 Å². The molecule has 138 valence electrons. The van der Waals surface area contributed by atoms with E-state index < -0.39 is 0 Å². The van der Waals surface area contributed by atoms with Crippen LogP contribution in [0, 0.1) is 0 Å². The van der Waals surface area contributed by atoms with Crippen molar-refractivity contribution in [2.75, 3.05) is 38.3 Å². The maximum atomic E-state index is 13.0. The number of nitrogens with zero attached hydrogens (tertiary/aromatic N) is 3. The van der Waals surface area contributed by atoms with Crippen LogP contribution in [0.5, 0.6) is 0 Å². The Labute approximate surface area is 159 Å². The SMILES string of the molecule is CN(Cc1ccc(N2CCOCC2)cc1)C(=O)c1ccnc2ccccc12. The minimum atomic E-state index is 0.00542. The number of ether oxygens (including phenoxy) is 1. The van der Waals surface area contributed by atoms with Crippen LogP contribution in [0.15, 0.2) is 60.8 Å². The molecule has 0 aliphatic carbocycles. The summed E-state index contributed by atoms with van der Waals surface area (Å²) in [6, 6.07) is 18.0. The molecule has 5 heteroatoms. The first kappa shape index (κ1) is 17.5. The number of para-hydroxylation sites is 1. The van der Waals surface area contributed by atoms with Gasteiger partial charge in [0.25, 0.3) is 5.91 Å². The van der Waals surface area contributed by atoms with Crippen LogP contribution < -0.4 is 4.90 Å². The molecule has 1 aromatic heterocycles. The maximum absolute atomic E-state index is 13.0. The van der Waals surface area contributed by atoms with Crippen LogP contribution >= 0.6 is 0 Å². The van der Waals surface area contributed by atoms with Gasteiger partial charge in [-0.25, -0.2) is 0 Å². The second kappa shape index (κ2) is 7.76. The van der Waals surface area contributed by atoms with Gasteiger partial charge < -0.3 is 14.5 Å². The summed E-state index contributed by atoms with van der Waals surface area (Å²) in [6.07, 6.45) is 1.69. The lowest BCUT2D eigenvalue weighted by atomic mass is 10.1. The molecule has 0 saturated carbocycles. The van der Waals surface area contributed by atoms with Gasteiger partial charge in [0.15, 0.2) is 0 Å². The number of aromatic nitrogens is 1. The smallest absolute Gasteiger partial charge is 0.254 e. The Balaban J connectivity index is 1.48. The van der Waals surface area contributed by atoms with Gasteiger partial charge in [0.2, 0.25) is 0 Å².